The fourth-order valence-corrected chi connectivity index (χ4v) is 4.28. The molecule has 3 rings (SSSR count). The van der Waals surface area contributed by atoms with Gasteiger partial charge in [0, 0.05) is 32.1 Å². The maximum Gasteiger partial charge on any atom is 0.355 e. The Balaban J connectivity index is 2.27. The highest BCUT2D eigenvalue weighted by molar-refractivity contribution is 6.31. The van der Waals surface area contributed by atoms with Crippen molar-refractivity contribution in [2.24, 2.45) is 0 Å². The summed E-state index contributed by atoms with van der Waals surface area (Å²) in [7, 11) is 0. The third-order valence-corrected chi connectivity index (χ3v) is 6.01. The van der Waals surface area contributed by atoms with Gasteiger partial charge in [-0.25, -0.2) is 4.79 Å². The summed E-state index contributed by atoms with van der Waals surface area (Å²) < 4.78 is 5.27. The number of aromatic nitrogens is 1. The van der Waals surface area contributed by atoms with Gasteiger partial charge < -0.3 is 19.9 Å². The number of nitrogens with one attached hydrogen (secondary N) is 2. The lowest BCUT2D eigenvalue weighted by Crippen LogP contribution is -2.48. The maximum absolute atomic E-state index is 13.8. The molecule has 1 aromatic heterocycles. The molecule has 0 aliphatic rings. The molecule has 2 atom stereocenters. The second kappa shape index (κ2) is 10.7. The van der Waals surface area contributed by atoms with Crippen LogP contribution >= 0.6 is 23.2 Å². The van der Waals surface area contributed by atoms with Crippen molar-refractivity contribution in [1.29, 1.82) is 0 Å². The standard InChI is InChI=1S/C26H29Cl2N3O4/c1-6-35-25(34)22-21(19-12-11-18(28)13-20(19)29-22)23(24(33)30-26(3,4)5)31(14-32)15(2)16-7-9-17(27)10-8-16/h7-15,23,29H,6H2,1-5H3,(H,30,33)/t15-,23?/m1/s1. The van der Waals surface area contributed by atoms with E-state index in [-0.39, 0.29) is 12.3 Å². The first-order valence-corrected chi connectivity index (χ1v) is 12.0. The number of hydrogen-bond donors (Lipinski definition) is 2. The highest BCUT2D eigenvalue weighted by Gasteiger charge is 2.38. The summed E-state index contributed by atoms with van der Waals surface area (Å²) in [6.45, 7) is 9.18. The van der Waals surface area contributed by atoms with E-state index in [1.54, 1.807) is 49.4 Å². The summed E-state index contributed by atoms with van der Waals surface area (Å²) in [5.74, 6) is -1.07. The van der Waals surface area contributed by atoms with Crippen LogP contribution in [0.1, 0.15) is 68.3 Å². The van der Waals surface area contributed by atoms with E-state index in [1.807, 2.05) is 27.7 Å². The summed E-state index contributed by atoms with van der Waals surface area (Å²) >= 11 is 12.2. The molecule has 3 aromatic rings. The number of benzene rings is 2. The number of fused-ring (bicyclic) bond motifs is 1. The van der Waals surface area contributed by atoms with E-state index in [9.17, 15) is 14.4 Å². The minimum Gasteiger partial charge on any atom is -0.461 e. The lowest BCUT2D eigenvalue weighted by Gasteiger charge is -2.35. The molecular formula is C26H29Cl2N3O4. The van der Waals surface area contributed by atoms with Crippen molar-refractivity contribution in [3.8, 4) is 0 Å². The summed E-state index contributed by atoms with van der Waals surface area (Å²) in [4.78, 5) is 43.8. The first-order valence-electron chi connectivity index (χ1n) is 11.2. The molecule has 0 spiro atoms. The van der Waals surface area contributed by atoms with Crippen LogP contribution in [0.25, 0.3) is 10.9 Å². The fourth-order valence-electron chi connectivity index (χ4n) is 3.98. The Morgan fingerprint density at radius 3 is 2.31 bits per heavy atom. The summed E-state index contributed by atoms with van der Waals surface area (Å²) in [6.07, 6.45) is 0.621. The predicted octanol–water partition coefficient (Wildman–Crippen LogP) is 5.83. The average molecular weight is 518 g/mol. The number of carbonyl (C=O) groups is 3. The van der Waals surface area contributed by atoms with Crippen LogP contribution in [-0.2, 0) is 14.3 Å². The average Bonchev–Trinajstić information content (AvgIpc) is 3.14. The van der Waals surface area contributed by atoms with Crippen molar-refractivity contribution in [2.45, 2.75) is 52.2 Å². The Bertz CT molecular complexity index is 1230. The Hall–Kier alpha value is -3.03. The number of carbonyl (C=O) groups excluding carboxylic acids is 3. The molecular weight excluding hydrogens is 489 g/mol. The molecule has 0 fully saturated rings. The van der Waals surface area contributed by atoms with Crippen LogP contribution in [0.3, 0.4) is 0 Å². The zero-order chi connectivity index (χ0) is 25.9. The molecule has 9 heteroatoms. The second-order valence-corrected chi connectivity index (χ2v) is 10.1. The minimum absolute atomic E-state index is 0.0910. The largest absolute Gasteiger partial charge is 0.461 e. The second-order valence-electron chi connectivity index (χ2n) is 9.25. The molecule has 0 aliphatic carbocycles. The van der Waals surface area contributed by atoms with E-state index in [0.717, 1.165) is 5.56 Å². The molecule has 0 saturated carbocycles. The molecule has 0 radical (unpaired) electrons. The lowest BCUT2D eigenvalue weighted by molar-refractivity contribution is -0.136. The van der Waals surface area contributed by atoms with Gasteiger partial charge in [0.1, 0.15) is 11.7 Å². The van der Waals surface area contributed by atoms with Crippen LogP contribution in [0.4, 0.5) is 0 Å². The van der Waals surface area contributed by atoms with Gasteiger partial charge in [-0.2, -0.15) is 0 Å². The third-order valence-electron chi connectivity index (χ3n) is 5.52. The summed E-state index contributed by atoms with van der Waals surface area (Å²) in [5, 5.41) is 4.56. The molecule has 1 heterocycles. The predicted molar refractivity (Wildman–Crippen MR) is 138 cm³/mol. The van der Waals surface area contributed by atoms with Gasteiger partial charge in [-0.15, -0.1) is 0 Å². The first kappa shape index (κ1) is 26.6. The molecule has 2 aromatic carbocycles. The van der Waals surface area contributed by atoms with E-state index < -0.39 is 29.5 Å². The van der Waals surface area contributed by atoms with Crippen LogP contribution in [0.15, 0.2) is 42.5 Å². The van der Waals surface area contributed by atoms with Gasteiger partial charge in [0.05, 0.1) is 12.6 Å². The van der Waals surface area contributed by atoms with Gasteiger partial charge in [0.15, 0.2) is 0 Å². The molecule has 1 unspecified atom stereocenters. The highest BCUT2D eigenvalue weighted by Crippen LogP contribution is 2.37. The fraction of sp³-hybridized carbons (Fsp3) is 0.346. The highest BCUT2D eigenvalue weighted by atomic mass is 35.5. The first-order chi connectivity index (χ1) is 16.5. The molecule has 2 N–H and O–H groups in total. The summed E-state index contributed by atoms with van der Waals surface area (Å²) in [6, 6.07) is 10.4. The number of H-pyrrole nitrogens is 1. The van der Waals surface area contributed by atoms with Gasteiger partial charge in [-0.05, 0) is 64.4 Å². The van der Waals surface area contributed by atoms with E-state index >= 15 is 0 Å². The summed E-state index contributed by atoms with van der Waals surface area (Å²) in [5.41, 5.74) is 1.16. The number of ether oxygens (including phenoxy) is 1. The number of amides is 2. The van der Waals surface area contributed by atoms with Crippen molar-refractivity contribution in [1.82, 2.24) is 15.2 Å². The smallest absolute Gasteiger partial charge is 0.355 e. The van der Waals surface area contributed by atoms with E-state index in [0.29, 0.717) is 32.9 Å². The number of nitrogens with zero attached hydrogens (tertiary/aromatic N) is 1. The Labute approximate surface area is 214 Å². The number of halogens is 2. The number of aromatic amines is 1. The van der Waals surface area contributed by atoms with Gasteiger partial charge >= 0.3 is 5.97 Å². The molecule has 35 heavy (non-hydrogen) atoms. The molecule has 7 nitrogen and oxygen atoms in total. The van der Waals surface area contributed by atoms with Gasteiger partial charge in [-0.1, -0.05) is 41.4 Å². The number of hydrogen-bond acceptors (Lipinski definition) is 4. The SMILES string of the molecule is CCOC(=O)c1[nH]c2cc(Cl)ccc2c1C(C(=O)NC(C)(C)C)N(C=O)[C@H](C)c1ccc(Cl)cc1. The van der Waals surface area contributed by atoms with E-state index in [2.05, 4.69) is 10.3 Å². The van der Waals surface area contributed by atoms with Crippen LogP contribution in [0, 0.1) is 0 Å². The molecule has 0 saturated heterocycles. The maximum atomic E-state index is 13.8. The third kappa shape index (κ3) is 5.97. The number of esters is 1. The Morgan fingerprint density at radius 1 is 1.11 bits per heavy atom. The molecule has 2 amide bonds. The van der Waals surface area contributed by atoms with Crippen molar-refractivity contribution >= 4 is 52.4 Å². The minimum atomic E-state index is -1.15. The van der Waals surface area contributed by atoms with Gasteiger partial charge in [-0.3, -0.25) is 9.59 Å². The monoisotopic (exact) mass is 517 g/mol. The van der Waals surface area contributed by atoms with E-state index in [1.165, 1.54) is 4.90 Å². The number of rotatable bonds is 8. The van der Waals surface area contributed by atoms with Crippen molar-refractivity contribution < 1.29 is 19.1 Å². The van der Waals surface area contributed by atoms with Crippen molar-refractivity contribution in [3.05, 3.63) is 69.3 Å². The quantitative estimate of drug-likeness (QED) is 0.290. The van der Waals surface area contributed by atoms with Crippen molar-refractivity contribution in [3.63, 3.8) is 0 Å². The van der Waals surface area contributed by atoms with Crippen LogP contribution in [-0.4, -0.2) is 40.3 Å². The van der Waals surface area contributed by atoms with Crippen molar-refractivity contribution in [2.75, 3.05) is 6.61 Å². The normalized spacial score (nSPS) is 13.2. The van der Waals surface area contributed by atoms with E-state index in [4.69, 9.17) is 27.9 Å². The van der Waals surface area contributed by atoms with Crippen LogP contribution < -0.4 is 5.32 Å². The topological polar surface area (TPSA) is 91.5 Å². The molecule has 0 bridgehead atoms. The zero-order valence-corrected chi connectivity index (χ0v) is 21.8. The lowest BCUT2D eigenvalue weighted by atomic mass is 9.96. The van der Waals surface area contributed by atoms with Gasteiger partial charge in [0.25, 0.3) is 0 Å². The Kier molecular flexibility index (Phi) is 8.13. The molecule has 0 aliphatic heterocycles. The zero-order valence-electron chi connectivity index (χ0n) is 20.3. The molecule has 186 valence electrons. The Morgan fingerprint density at radius 2 is 1.74 bits per heavy atom. The van der Waals surface area contributed by atoms with Gasteiger partial charge in [0.2, 0.25) is 12.3 Å². The van der Waals surface area contributed by atoms with Crippen LogP contribution in [0.2, 0.25) is 10.0 Å². The van der Waals surface area contributed by atoms with Crippen LogP contribution in [0.5, 0.6) is 0 Å².